The maximum Gasteiger partial charge on any atom is 0.306 e. The van der Waals surface area contributed by atoms with Gasteiger partial charge in [-0.3, -0.25) is 14.4 Å². The first kappa shape index (κ1) is 67.1. The summed E-state index contributed by atoms with van der Waals surface area (Å²) in [6.07, 6.45) is 79.6. The first-order valence-corrected chi connectivity index (χ1v) is 29.4. The van der Waals surface area contributed by atoms with Gasteiger partial charge in [0.2, 0.25) is 0 Å². The van der Waals surface area contributed by atoms with Gasteiger partial charge in [0.15, 0.2) is 6.10 Å². The zero-order chi connectivity index (χ0) is 51.4. The quantitative estimate of drug-likeness (QED) is 0.0261. The van der Waals surface area contributed by atoms with E-state index in [-0.39, 0.29) is 31.6 Å². The van der Waals surface area contributed by atoms with Gasteiger partial charge < -0.3 is 14.2 Å². The average molecular weight is 986 g/mol. The number of ether oxygens (including phenoxy) is 3. The molecule has 0 rings (SSSR count). The van der Waals surface area contributed by atoms with E-state index >= 15 is 0 Å². The molecule has 6 nitrogen and oxygen atoms in total. The minimum absolute atomic E-state index is 0.106. The Bertz CT molecular complexity index is 1460. The van der Waals surface area contributed by atoms with Gasteiger partial charge in [0, 0.05) is 19.3 Å². The number of esters is 3. The van der Waals surface area contributed by atoms with Crippen LogP contribution in [0, 0.1) is 0 Å². The van der Waals surface area contributed by atoms with Crippen molar-refractivity contribution in [2.24, 2.45) is 0 Å². The molecular formula is C65H108O6. The summed E-state index contributed by atoms with van der Waals surface area (Å²) in [6.45, 7) is 6.35. The predicted molar refractivity (Wildman–Crippen MR) is 307 cm³/mol. The molecule has 0 saturated carbocycles. The van der Waals surface area contributed by atoms with E-state index in [2.05, 4.69) is 118 Å². The van der Waals surface area contributed by atoms with Crippen molar-refractivity contribution in [1.82, 2.24) is 0 Å². The average Bonchev–Trinajstić information content (AvgIpc) is 3.37. The molecule has 6 heteroatoms. The molecule has 404 valence electrons. The van der Waals surface area contributed by atoms with Crippen molar-refractivity contribution < 1.29 is 28.6 Å². The molecule has 0 aliphatic carbocycles. The summed E-state index contributed by atoms with van der Waals surface area (Å²) in [5.74, 6) is -0.989. The molecule has 0 saturated heterocycles. The lowest BCUT2D eigenvalue weighted by atomic mass is 10.0. The molecule has 0 bridgehead atoms. The fraction of sp³-hybridized carbons (Fsp3) is 0.677. The second-order valence-electron chi connectivity index (χ2n) is 19.1. The van der Waals surface area contributed by atoms with Crippen LogP contribution in [0.1, 0.15) is 265 Å². The monoisotopic (exact) mass is 985 g/mol. The fourth-order valence-electron chi connectivity index (χ4n) is 7.95. The van der Waals surface area contributed by atoms with E-state index in [1.54, 1.807) is 0 Å². The zero-order valence-electron chi connectivity index (χ0n) is 46.2. The first-order valence-electron chi connectivity index (χ1n) is 29.4. The van der Waals surface area contributed by atoms with Gasteiger partial charge in [0.25, 0.3) is 0 Å². The number of hydrogen-bond donors (Lipinski definition) is 0. The molecule has 0 aromatic rings. The van der Waals surface area contributed by atoms with Crippen LogP contribution in [-0.4, -0.2) is 37.2 Å². The summed E-state index contributed by atoms with van der Waals surface area (Å²) in [4.78, 5) is 38.1. The summed E-state index contributed by atoms with van der Waals surface area (Å²) in [5, 5.41) is 0. The van der Waals surface area contributed by atoms with Gasteiger partial charge in [-0.25, -0.2) is 0 Å². The normalized spacial score (nSPS) is 12.9. The number of carbonyl (C=O) groups excluding carboxylic acids is 3. The number of allylic oxidation sites excluding steroid dienone is 18. The van der Waals surface area contributed by atoms with Crippen molar-refractivity contribution in [1.29, 1.82) is 0 Å². The van der Waals surface area contributed by atoms with Crippen LogP contribution in [0.2, 0.25) is 0 Å². The topological polar surface area (TPSA) is 78.9 Å². The lowest BCUT2D eigenvalue weighted by Gasteiger charge is -2.18. The Morgan fingerprint density at radius 2 is 0.577 bits per heavy atom. The third-order valence-electron chi connectivity index (χ3n) is 12.3. The van der Waals surface area contributed by atoms with Crippen LogP contribution in [0.4, 0.5) is 0 Å². The van der Waals surface area contributed by atoms with Gasteiger partial charge in [-0.15, -0.1) is 0 Å². The molecule has 0 spiro atoms. The molecule has 0 aromatic heterocycles. The standard InChI is InChI=1S/C65H108O6/c1-4-7-10-13-16-19-22-25-26-27-28-29-30-31-32-33-34-35-36-37-38-41-43-46-49-52-55-58-64(67)70-61-62(71-65(68)59-56-53-50-47-44-40-24-21-18-15-12-9-6-3)60-69-63(66)57-54-51-48-45-42-39-23-20-17-14-11-8-5-2/h7,9-10,12,16,18-19,21,25-26,28-29,31-32,40,44,50,53,62H,4-6,8,11,13-15,17,20,22-24,27,30,33-39,41-43,45-49,51-52,54-61H2,1-3H3/b10-7-,12-9-,19-16-,21-18-,26-25-,29-28-,32-31-,44-40-,53-50-. The molecule has 1 atom stereocenters. The predicted octanol–water partition coefficient (Wildman–Crippen LogP) is 19.9. The second kappa shape index (κ2) is 58.6. The van der Waals surface area contributed by atoms with E-state index in [9.17, 15) is 14.4 Å². The third-order valence-corrected chi connectivity index (χ3v) is 12.3. The molecule has 0 aromatic carbocycles. The lowest BCUT2D eigenvalue weighted by molar-refractivity contribution is -0.166. The number of rotatable bonds is 52. The maximum absolute atomic E-state index is 12.8. The summed E-state index contributed by atoms with van der Waals surface area (Å²) >= 11 is 0. The first-order chi connectivity index (χ1) is 35.0. The molecular weight excluding hydrogens is 877 g/mol. The van der Waals surface area contributed by atoms with Crippen LogP contribution in [0.25, 0.3) is 0 Å². The maximum atomic E-state index is 12.8. The summed E-state index contributed by atoms with van der Waals surface area (Å²) in [6, 6.07) is 0. The van der Waals surface area contributed by atoms with Crippen LogP contribution in [-0.2, 0) is 28.6 Å². The molecule has 0 fully saturated rings. The molecule has 1 unspecified atom stereocenters. The van der Waals surface area contributed by atoms with E-state index in [0.717, 1.165) is 96.3 Å². The van der Waals surface area contributed by atoms with Gasteiger partial charge in [-0.2, -0.15) is 0 Å². The Labute approximate surface area is 438 Å². The highest BCUT2D eigenvalue weighted by Crippen LogP contribution is 2.15. The number of carbonyl (C=O) groups is 3. The zero-order valence-corrected chi connectivity index (χ0v) is 46.2. The highest BCUT2D eigenvalue weighted by molar-refractivity contribution is 5.71. The molecule has 0 heterocycles. The van der Waals surface area contributed by atoms with Crippen LogP contribution >= 0.6 is 0 Å². The SMILES string of the molecule is CC/C=C\C/C=C\C/C=C\C/C=C\C/C=C\CCCCCCCCCCCCCC(=O)OCC(COC(=O)CCCCCCCCCCCCCCC)OC(=O)CC/C=C\C/C=C\C/C=C\C/C=C\CC. The Morgan fingerprint density at radius 1 is 0.296 bits per heavy atom. The van der Waals surface area contributed by atoms with Gasteiger partial charge in [-0.05, 0) is 89.9 Å². The molecule has 0 aliphatic rings. The van der Waals surface area contributed by atoms with Crippen molar-refractivity contribution in [3.8, 4) is 0 Å². The summed E-state index contributed by atoms with van der Waals surface area (Å²) in [5.41, 5.74) is 0. The molecule has 0 radical (unpaired) electrons. The molecule has 71 heavy (non-hydrogen) atoms. The van der Waals surface area contributed by atoms with Crippen molar-refractivity contribution in [2.45, 2.75) is 271 Å². The van der Waals surface area contributed by atoms with E-state index in [1.807, 2.05) is 12.2 Å². The molecule has 0 N–H and O–H groups in total. The van der Waals surface area contributed by atoms with Gasteiger partial charge in [-0.1, -0.05) is 265 Å². The second-order valence-corrected chi connectivity index (χ2v) is 19.1. The van der Waals surface area contributed by atoms with E-state index in [4.69, 9.17) is 14.2 Å². The third kappa shape index (κ3) is 56.9. The number of hydrogen-bond acceptors (Lipinski definition) is 6. The highest BCUT2D eigenvalue weighted by atomic mass is 16.6. The highest BCUT2D eigenvalue weighted by Gasteiger charge is 2.19. The van der Waals surface area contributed by atoms with Crippen LogP contribution in [0.15, 0.2) is 109 Å². The number of unbranched alkanes of at least 4 members (excludes halogenated alkanes) is 23. The van der Waals surface area contributed by atoms with Crippen LogP contribution < -0.4 is 0 Å². The van der Waals surface area contributed by atoms with Crippen molar-refractivity contribution in [3.63, 3.8) is 0 Å². The van der Waals surface area contributed by atoms with E-state index in [0.29, 0.717) is 19.3 Å². The van der Waals surface area contributed by atoms with Crippen molar-refractivity contribution >= 4 is 17.9 Å². The minimum atomic E-state index is -0.816. The van der Waals surface area contributed by atoms with Gasteiger partial charge >= 0.3 is 17.9 Å². The Kier molecular flexibility index (Phi) is 55.4. The van der Waals surface area contributed by atoms with E-state index in [1.165, 1.54) is 122 Å². The van der Waals surface area contributed by atoms with Gasteiger partial charge in [0.05, 0.1) is 0 Å². The van der Waals surface area contributed by atoms with Crippen LogP contribution in [0.3, 0.4) is 0 Å². The van der Waals surface area contributed by atoms with Gasteiger partial charge in [0.1, 0.15) is 13.2 Å². The van der Waals surface area contributed by atoms with Crippen LogP contribution in [0.5, 0.6) is 0 Å². The summed E-state index contributed by atoms with van der Waals surface area (Å²) in [7, 11) is 0. The summed E-state index contributed by atoms with van der Waals surface area (Å²) < 4.78 is 16.8. The lowest BCUT2D eigenvalue weighted by Crippen LogP contribution is -2.30. The smallest absolute Gasteiger partial charge is 0.306 e. The largest absolute Gasteiger partial charge is 0.462 e. The molecule has 0 amide bonds. The van der Waals surface area contributed by atoms with Crippen molar-refractivity contribution in [3.05, 3.63) is 109 Å². The van der Waals surface area contributed by atoms with E-state index < -0.39 is 12.1 Å². The van der Waals surface area contributed by atoms with Crippen molar-refractivity contribution in [2.75, 3.05) is 13.2 Å². The Hall–Kier alpha value is -3.93. The Balaban J connectivity index is 4.30. The minimum Gasteiger partial charge on any atom is -0.462 e. The molecule has 0 aliphatic heterocycles. The fourth-order valence-corrected chi connectivity index (χ4v) is 7.95. The Morgan fingerprint density at radius 3 is 0.915 bits per heavy atom.